The maximum Gasteiger partial charge on any atom is 0.283 e. The Balaban J connectivity index is 1.70. The molecule has 1 aliphatic heterocycles. The molecule has 1 aliphatic carbocycles. The third-order valence-electron chi connectivity index (χ3n) is 5.04. The topological polar surface area (TPSA) is 113 Å². The fourth-order valence-corrected chi connectivity index (χ4v) is 3.82. The van der Waals surface area contributed by atoms with Gasteiger partial charge in [-0.2, -0.15) is 5.26 Å². The third kappa shape index (κ3) is 3.21. The number of amidine groups is 1. The van der Waals surface area contributed by atoms with Crippen LogP contribution in [0.5, 0.6) is 0 Å². The number of pyridine rings is 1. The van der Waals surface area contributed by atoms with E-state index < -0.39 is 47.3 Å². The van der Waals surface area contributed by atoms with Gasteiger partial charge in [0.25, 0.3) is 18.4 Å². The molecule has 2 aromatic rings. The molecular weight excluding hydrogens is 423 g/mol. The Bertz CT molecular complexity index is 1120. The minimum absolute atomic E-state index is 0.0381. The zero-order valence-electron chi connectivity index (χ0n) is 15.1. The van der Waals surface area contributed by atoms with E-state index in [0.717, 1.165) is 18.3 Å². The number of halogens is 4. The number of nitrogens with one attached hydrogen (secondary N) is 1. The Morgan fingerprint density at radius 3 is 2.87 bits per heavy atom. The standard InChI is InChI=1S/C19H13ClF3N5O2/c20-12-3-8(6-24)7-26-15(12)16(29)27-9-1-2-13(21)10(4-9)19(17(22)23)11-5-14(11)30-18(25)28-19/h1-4,7,11,14,17H,5H2,(H2,25,28)(H,27,29)/t11-,14?,19+/m1/s1. The monoisotopic (exact) mass is 435 g/mol. The summed E-state index contributed by atoms with van der Waals surface area (Å²) in [4.78, 5) is 20.1. The van der Waals surface area contributed by atoms with Crippen molar-refractivity contribution in [3.8, 4) is 6.07 Å². The quantitative estimate of drug-likeness (QED) is 0.765. The summed E-state index contributed by atoms with van der Waals surface area (Å²) in [7, 11) is 0. The zero-order chi connectivity index (χ0) is 21.6. The Morgan fingerprint density at radius 2 is 2.20 bits per heavy atom. The molecule has 3 atom stereocenters. The number of nitrogens with zero attached hydrogens (tertiary/aromatic N) is 3. The van der Waals surface area contributed by atoms with Gasteiger partial charge in [0, 0.05) is 23.4 Å². The molecule has 2 aliphatic rings. The number of rotatable bonds is 4. The molecule has 1 saturated carbocycles. The molecule has 1 amide bonds. The summed E-state index contributed by atoms with van der Waals surface area (Å²) in [5, 5.41) is 11.2. The van der Waals surface area contributed by atoms with Crippen molar-refractivity contribution >= 4 is 29.2 Å². The van der Waals surface area contributed by atoms with Gasteiger partial charge >= 0.3 is 0 Å². The Hall–Kier alpha value is -3.32. The van der Waals surface area contributed by atoms with Crippen molar-refractivity contribution in [3.05, 3.63) is 58.1 Å². The number of benzene rings is 1. The molecule has 3 N–H and O–H groups in total. The molecule has 4 rings (SSSR count). The number of aromatic nitrogens is 1. The van der Waals surface area contributed by atoms with Gasteiger partial charge in [-0.05, 0) is 30.7 Å². The molecular formula is C19H13ClF3N5O2. The summed E-state index contributed by atoms with van der Waals surface area (Å²) in [6.45, 7) is 0. The first-order valence-corrected chi connectivity index (χ1v) is 9.11. The predicted molar refractivity (Wildman–Crippen MR) is 101 cm³/mol. The van der Waals surface area contributed by atoms with Crippen LogP contribution in [-0.4, -0.2) is 29.4 Å². The molecule has 1 fully saturated rings. The van der Waals surface area contributed by atoms with Crippen LogP contribution in [-0.2, 0) is 10.3 Å². The normalized spacial score (nSPS) is 24.3. The lowest BCUT2D eigenvalue weighted by molar-refractivity contribution is 0.0177. The van der Waals surface area contributed by atoms with Crippen molar-refractivity contribution in [1.29, 1.82) is 5.26 Å². The van der Waals surface area contributed by atoms with E-state index >= 15 is 0 Å². The number of amides is 1. The largest absolute Gasteiger partial charge is 0.462 e. The second-order valence-electron chi connectivity index (χ2n) is 6.89. The van der Waals surface area contributed by atoms with Gasteiger partial charge < -0.3 is 15.8 Å². The minimum Gasteiger partial charge on any atom is -0.462 e. The molecule has 11 heteroatoms. The molecule has 0 bridgehead atoms. The number of nitriles is 1. The van der Waals surface area contributed by atoms with Gasteiger partial charge in [-0.1, -0.05) is 11.6 Å². The molecule has 1 aromatic carbocycles. The number of fused-ring (bicyclic) bond motifs is 1. The molecule has 1 aromatic heterocycles. The average Bonchev–Trinajstić information content (AvgIpc) is 3.48. The molecule has 1 unspecified atom stereocenters. The molecule has 154 valence electrons. The number of carbonyl (C=O) groups excluding carboxylic acids is 1. The lowest BCUT2D eigenvalue weighted by Crippen LogP contribution is -2.43. The number of hydrogen-bond acceptors (Lipinski definition) is 6. The van der Waals surface area contributed by atoms with E-state index in [1.807, 2.05) is 6.07 Å². The van der Waals surface area contributed by atoms with E-state index in [-0.39, 0.29) is 28.4 Å². The lowest BCUT2D eigenvalue weighted by atomic mass is 9.84. The minimum atomic E-state index is -3.05. The molecule has 0 saturated heterocycles. The Labute approximate surface area is 173 Å². The maximum atomic E-state index is 14.6. The van der Waals surface area contributed by atoms with Gasteiger partial charge in [-0.25, -0.2) is 23.1 Å². The average molecular weight is 436 g/mol. The van der Waals surface area contributed by atoms with Crippen molar-refractivity contribution < 1.29 is 22.7 Å². The van der Waals surface area contributed by atoms with Crippen LogP contribution in [0.3, 0.4) is 0 Å². The van der Waals surface area contributed by atoms with Crippen LogP contribution in [0.25, 0.3) is 0 Å². The van der Waals surface area contributed by atoms with Gasteiger partial charge in [-0.3, -0.25) is 4.79 Å². The molecule has 0 radical (unpaired) electrons. The SMILES string of the molecule is N#Cc1cnc(C(=O)Nc2ccc(F)c([C@]3(C(F)F)N=C(N)OC4C[C@H]43)c2)c(Cl)c1. The fourth-order valence-electron chi connectivity index (χ4n) is 3.57. The highest BCUT2D eigenvalue weighted by Crippen LogP contribution is 2.56. The summed E-state index contributed by atoms with van der Waals surface area (Å²) in [6.07, 6.45) is -2.19. The highest BCUT2D eigenvalue weighted by molar-refractivity contribution is 6.34. The fraction of sp³-hybridized carbons (Fsp3) is 0.263. The first kappa shape index (κ1) is 20.0. The number of aliphatic imine (C=N–C) groups is 1. The van der Waals surface area contributed by atoms with E-state index in [0.29, 0.717) is 0 Å². The van der Waals surface area contributed by atoms with Gasteiger partial charge in [0.1, 0.15) is 23.7 Å². The van der Waals surface area contributed by atoms with Gasteiger partial charge in [-0.15, -0.1) is 0 Å². The summed E-state index contributed by atoms with van der Waals surface area (Å²) in [5.74, 6) is -2.40. The van der Waals surface area contributed by atoms with Crippen molar-refractivity contribution in [2.75, 3.05) is 5.32 Å². The summed E-state index contributed by atoms with van der Waals surface area (Å²) in [6, 6.07) is 5.93. The summed E-state index contributed by atoms with van der Waals surface area (Å²) in [5.41, 5.74) is 2.96. The molecule has 7 nitrogen and oxygen atoms in total. The number of alkyl halides is 2. The zero-order valence-corrected chi connectivity index (χ0v) is 15.8. The van der Waals surface area contributed by atoms with Gasteiger partial charge in [0.15, 0.2) is 5.54 Å². The second-order valence-corrected chi connectivity index (χ2v) is 7.30. The first-order chi connectivity index (χ1) is 14.3. The van der Waals surface area contributed by atoms with Crippen LogP contribution in [0.1, 0.15) is 28.0 Å². The lowest BCUT2D eigenvalue weighted by Gasteiger charge is -2.33. The predicted octanol–water partition coefficient (Wildman–Crippen LogP) is 3.19. The number of ether oxygens (including phenoxy) is 1. The number of hydrogen-bond donors (Lipinski definition) is 2. The number of nitrogens with two attached hydrogens (primary N) is 1. The maximum absolute atomic E-state index is 14.6. The first-order valence-electron chi connectivity index (χ1n) is 8.73. The molecule has 2 heterocycles. The Morgan fingerprint density at radius 1 is 1.43 bits per heavy atom. The third-order valence-corrected chi connectivity index (χ3v) is 5.33. The van der Waals surface area contributed by atoms with Crippen molar-refractivity contribution in [3.63, 3.8) is 0 Å². The number of carbonyl (C=O) groups is 1. The Kier molecular flexibility index (Phi) is 4.78. The van der Waals surface area contributed by atoms with E-state index in [1.54, 1.807) is 0 Å². The van der Waals surface area contributed by atoms with Crippen LogP contribution < -0.4 is 11.1 Å². The van der Waals surface area contributed by atoms with Crippen LogP contribution in [0.15, 0.2) is 35.5 Å². The second kappa shape index (κ2) is 7.18. The van der Waals surface area contributed by atoms with E-state index in [4.69, 9.17) is 27.3 Å². The van der Waals surface area contributed by atoms with Crippen molar-refractivity contribution in [2.45, 2.75) is 24.5 Å². The van der Waals surface area contributed by atoms with Gasteiger partial charge in [0.05, 0.1) is 10.6 Å². The van der Waals surface area contributed by atoms with Gasteiger partial charge in [0.2, 0.25) is 0 Å². The van der Waals surface area contributed by atoms with E-state index in [2.05, 4.69) is 15.3 Å². The smallest absolute Gasteiger partial charge is 0.283 e. The highest BCUT2D eigenvalue weighted by Gasteiger charge is 2.64. The summed E-state index contributed by atoms with van der Waals surface area (Å²) < 4.78 is 48.1. The number of anilines is 1. The van der Waals surface area contributed by atoms with E-state index in [9.17, 15) is 18.0 Å². The van der Waals surface area contributed by atoms with E-state index in [1.165, 1.54) is 12.1 Å². The molecule has 30 heavy (non-hydrogen) atoms. The van der Waals surface area contributed by atoms with Crippen LogP contribution in [0.4, 0.5) is 18.9 Å². The van der Waals surface area contributed by atoms with Crippen LogP contribution in [0.2, 0.25) is 5.02 Å². The van der Waals surface area contributed by atoms with Crippen LogP contribution >= 0.6 is 11.6 Å². The van der Waals surface area contributed by atoms with Crippen molar-refractivity contribution in [2.24, 2.45) is 16.6 Å². The van der Waals surface area contributed by atoms with Crippen LogP contribution in [0, 0.1) is 23.1 Å². The highest BCUT2D eigenvalue weighted by atomic mass is 35.5. The summed E-state index contributed by atoms with van der Waals surface area (Å²) >= 11 is 5.97. The van der Waals surface area contributed by atoms with Crippen molar-refractivity contribution in [1.82, 2.24) is 4.98 Å². The molecule has 0 spiro atoms.